The van der Waals surface area contributed by atoms with E-state index < -0.39 is 0 Å². The Kier molecular flexibility index (Phi) is 4.65. The number of halogens is 1. The predicted octanol–water partition coefficient (Wildman–Crippen LogP) is 5.25. The van der Waals surface area contributed by atoms with Gasteiger partial charge in [0.05, 0.1) is 5.69 Å². The Hall–Kier alpha value is -2.40. The van der Waals surface area contributed by atoms with Gasteiger partial charge in [-0.2, -0.15) is 4.98 Å². The van der Waals surface area contributed by atoms with Crippen molar-refractivity contribution in [3.05, 3.63) is 65.1 Å². The van der Waals surface area contributed by atoms with Gasteiger partial charge in [0.2, 0.25) is 5.95 Å². The summed E-state index contributed by atoms with van der Waals surface area (Å²) in [7, 11) is 0. The van der Waals surface area contributed by atoms with Gasteiger partial charge >= 0.3 is 0 Å². The molecule has 5 heteroatoms. The average molecular weight is 395 g/mol. The Bertz CT molecular complexity index is 843. The number of nitrogens with zero attached hydrogens (tertiary/aromatic N) is 3. The van der Waals surface area contributed by atoms with Crippen molar-refractivity contribution >= 4 is 33.4 Å². The Balaban J connectivity index is 1.71. The van der Waals surface area contributed by atoms with Crippen LogP contribution in [0, 0.1) is 0 Å². The molecular weight excluding hydrogens is 376 g/mol. The van der Waals surface area contributed by atoms with Crippen molar-refractivity contribution < 1.29 is 0 Å². The van der Waals surface area contributed by atoms with Crippen LogP contribution in [0.1, 0.15) is 12.8 Å². The van der Waals surface area contributed by atoms with E-state index >= 15 is 0 Å². The van der Waals surface area contributed by atoms with Gasteiger partial charge in [-0.3, -0.25) is 0 Å². The molecule has 0 unspecified atom stereocenters. The minimum Gasteiger partial charge on any atom is -0.356 e. The molecule has 0 saturated carbocycles. The van der Waals surface area contributed by atoms with Crippen molar-refractivity contribution in [3.63, 3.8) is 0 Å². The minimum atomic E-state index is 0.630. The summed E-state index contributed by atoms with van der Waals surface area (Å²) < 4.78 is 1.05. The lowest BCUT2D eigenvalue weighted by atomic mass is 10.1. The molecule has 1 aliphatic rings. The van der Waals surface area contributed by atoms with Crippen molar-refractivity contribution in [2.45, 2.75) is 12.8 Å². The van der Waals surface area contributed by atoms with E-state index in [0.717, 1.165) is 40.3 Å². The number of nitrogens with one attached hydrogen (secondary N) is 1. The second kappa shape index (κ2) is 7.23. The first kappa shape index (κ1) is 16.1. The van der Waals surface area contributed by atoms with Gasteiger partial charge in [0, 0.05) is 34.9 Å². The molecule has 1 aromatic heterocycles. The van der Waals surface area contributed by atoms with Gasteiger partial charge < -0.3 is 10.2 Å². The van der Waals surface area contributed by atoms with Crippen molar-refractivity contribution in [1.29, 1.82) is 0 Å². The lowest BCUT2D eigenvalue weighted by Crippen LogP contribution is -2.19. The molecule has 2 heterocycles. The molecular formula is C20H19BrN4. The van der Waals surface area contributed by atoms with Gasteiger partial charge in [0.25, 0.3) is 0 Å². The van der Waals surface area contributed by atoms with Gasteiger partial charge in [-0.05, 0) is 37.1 Å². The standard InChI is InChI=1S/C20H19BrN4/c21-16-8-10-17(11-9-16)22-20-23-18(15-6-2-1-3-7-15)14-19(24-20)25-12-4-5-13-25/h1-3,6-11,14H,4-5,12-13H2,(H,22,23,24). The molecule has 1 N–H and O–H groups in total. The predicted molar refractivity (Wildman–Crippen MR) is 106 cm³/mol. The van der Waals surface area contributed by atoms with Crippen molar-refractivity contribution in [2.75, 3.05) is 23.3 Å². The summed E-state index contributed by atoms with van der Waals surface area (Å²) in [5, 5.41) is 3.34. The Labute approximate surface area is 156 Å². The van der Waals surface area contributed by atoms with Crippen molar-refractivity contribution in [3.8, 4) is 11.3 Å². The van der Waals surface area contributed by atoms with Crippen LogP contribution in [0.3, 0.4) is 0 Å². The molecule has 0 bridgehead atoms. The van der Waals surface area contributed by atoms with Gasteiger partial charge in [0.15, 0.2) is 0 Å². The molecule has 0 amide bonds. The van der Waals surface area contributed by atoms with Gasteiger partial charge in [-0.1, -0.05) is 46.3 Å². The second-order valence-electron chi connectivity index (χ2n) is 6.13. The third kappa shape index (κ3) is 3.82. The van der Waals surface area contributed by atoms with E-state index in [1.807, 2.05) is 42.5 Å². The molecule has 0 atom stereocenters. The van der Waals surface area contributed by atoms with Crippen LogP contribution in [0.15, 0.2) is 65.1 Å². The Morgan fingerprint density at radius 3 is 2.32 bits per heavy atom. The molecule has 0 aliphatic carbocycles. The molecule has 2 aromatic carbocycles. The fourth-order valence-corrected chi connectivity index (χ4v) is 3.28. The fraction of sp³-hybridized carbons (Fsp3) is 0.200. The highest BCUT2D eigenvalue weighted by Gasteiger charge is 2.16. The summed E-state index contributed by atoms with van der Waals surface area (Å²) in [6.45, 7) is 2.12. The lowest BCUT2D eigenvalue weighted by Gasteiger charge is -2.18. The molecule has 1 saturated heterocycles. The van der Waals surface area contributed by atoms with Gasteiger partial charge in [-0.15, -0.1) is 0 Å². The first-order valence-electron chi connectivity index (χ1n) is 8.50. The number of rotatable bonds is 4. The molecule has 1 fully saturated rings. The monoisotopic (exact) mass is 394 g/mol. The maximum Gasteiger partial charge on any atom is 0.229 e. The maximum absolute atomic E-state index is 4.75. The van der Waals surface area contributed by atoms with Crippen LogP contribution in [0.5, 0.6) is 0 Å². The second-order valence-corrected chi connectivity index (χ2v) is 7.04. The molecule has 126 valence electrons. The number of hydrogen-bond donors (Lipinski definition) is 1. The number of hydrogen-bond acceptors (Lipinski definition) is 4. The SMILES string of the molecule is Brc1ccc(Nc2nc(-c3ccccc3)cc(N3CCCC3)n2)cc1. The maximum atomic E-state index is 4.75. The van der Waals surface area contributed by atoms with Crippen LogP contribution in [0.4, 0.5) is 17.5 Å². The highest BCUT2D eigenvalue weighted by molar-refractivity contribution is 9.10. The minimum absolute atomic E-state index is 0.630. The van der Waals surface area contributed by atoms with Crippen molar-refractivity contribution in [1.82, 2.24) is 9.97 Å². The topological polar surface area (TPSA) is 41.1 Å². The largest absolute Gasteiger partial charge is 0.356 e. The first-order chi connectivity index (χ1) is 12.3. The number of benzene rings is 2. The van der Waals surface area contributed by atoms with Gasteiger partial charge in [0.1, 0.15) is 5.82 Å². The van der Waals surface area contributed by atoms with E-state index in [2.05, 4.69) is 44.3 Å². The van der Waals surface area contributed by atoms with Crippen LogP contribution < -0.4 is 10.2 Å². The molecule has 4 rings (SSSR count). The highest BCUT2D eigenvalue weighted by atomic mass is 79.9. The normalized spacial score (nSPS) is 13.9. The van der Waals surface area contributed by atoms with E-state index in [4.69, 9.17) is 9.97 Å². The summed E-state index contributed by atoms with van der Waals surface area (Å²) in [6, 6.07) is 20.4. The fourth-order valence-electron chi connectivity index (χ4n) is 3.02. The number of anilines is 3. The van der Waals surface area contributed by atoms with E-state index in [0.29, 0.717) is 5.95 Å². The van der Waals surface area contributed by atoms with E-state index in [-0.39, 0.29) is 0 Å². The molecule has 0 spiro atoms. The average Bonchev–Trinajstić information content (AvgIpc) is 3.19. The third-order valence-electron chi connectivity index (χ3n) is 4.31. The summed E-state index contributed by atoms with van der Waals surface area (Å²) in [5.74, 6) is 1.62. The van der Waals surface area contributed by atoms with Crippen molar-refractivity contribution in [2.24, 2.45) is 0 Å². The zero-order valence-electron chi connectivity index (χ0n) is 13.8. The summed E-state index contributed by atoms with van der Waals surface area (Å²) >= 11 is 3.46. The summed E-state index contributed by atoms with van der Waals surface area (Å²) in [6.07, 6.45) is 2.44. The lowest BCUT2D eigenvalue weighted by molar-refractivity contribution is 0.931. The molecule has 3 aromatic rings. The number of aromatic nitrogens is 2. The van der Waals surface area contributed by atoms with Gasteiger partial charge in [-0.25, -0.2) is 4.98 Å². The molecule has 1 aliphatic heterocycles. The van der Waals surface area contributed by atoms with Crippen LogP contribution in [0.2, 0.25) is 0 Å². The highest BCUT2D eigenvalue weighted by Crippen LogP contribution is 2.27. The zero-order chi connectivity index (χ0) is 17.1. The quantitative estimate of drug-likeness (QED) is 0.655. The molecule has 0 radical (unpaired) electrons. The Morgan fingerprint density at radius 2 is 1.60 bits per heavy atom. The Morgan fingerprint density at radius 1 is 0.880 bits per heavy atom. The van der Waals surface area contributed by atoms with Crippen LogP contribution >= 0.6 is 15.9 Å². The first-order valence-corrected chi connectivity index (χ1v) is 9.29. The van der Waals surface area contributed by atoms with Crippen LogP contribution in [-0.2, 0) is 0 Å². The van der Waals surface area contributed by atoms with Crippen LogP contribution in [0.25, 0.3) is 11.3 Å². The third-order valence-corrected chi connectivity index (χ3v) is 4.84. The van der Waals surface area contributed by atoms with E-state index in [9.17, 15) is 0 Å². The zero-order valence-corrected chi connectivity index (χ0v) is 15.4. The van der Waals surface area contributed by atoms with E-state index in [1.54, 1.807) is 0 Å². The van der Waals surface area contributed by atoms with Crippen LogP contribution in [-0.4, -0.2) is 23.1 Å². The smallest absolute Gasteiger partial charge is 0.229 e. The molecule has 25 heavy (non-hydrogen) atoms. The molecule has 4 nitrogen and oxygen atoms in total. The summed E-state index contributed by atoms with van der Waals surface area (Å²) in [5.41, 5.74) is 3.02. The van der Waals surface area contributed by atoms with E-state index in [1.165, 1.54) is 12.8 Å². The summed E-state index contributed by atoms with van der Waals surface area (Å²) in [4.78, 5) is 11.8.